The van der Waals surface area contributed by atoms with Gasteiger partial charge in [0.15, 0.2) is 5.78 Å². The average Bonchev–Trinajstić information content (AvgIpc) is 3.21. The molecule has 0 spiro atoms. The largest absolute Gasteiger partial charge is 0.339 e. The van der Waals surface area contributed by atoms with Gasteiger partial charge in [-0.1, -0.05) is 24.3 Å². The standard InChI is InChI=1S/C20H22N2O4S/c1-15(23)17-8-10-19(11-9-17)27(25,26)21-14-16-4-6-18(7-5-16)20(24)22-12-2-3-13-22/h4-11,21H,2-3,12-14H2,1H3. The highest BCUT2D eigenvalue weighted by molar-refractivity contribution is 7.89. The summed E-state index contributed by atoms with van der Waals surface area (Å²) in [4.78, 5) is 25.6. The van der Waals surface area contributed by atoms with Crippen molar-refractivity contribution in [1.82, 2.24) is 9.62 Å². The van der Waals surface area contributed by atoms with Gasteiger partial charge in [-0.25, -0.2) is 13.1 Å². The summed E-state index contributed by atoms with van der Waals surface area (Å²) in [6.45, 7) is 3.14. The fraction of sp³-hybridized carbons (Fsp3) is 0.300. The summed E-state index contributed by atoms with van der Waals surface area (Å²) in [6.07, 6.45) is 2.08. The lowest BCUT2D eigenvalue weighted by molar-refractivity contribution is 0.0792. The highest BCUT2D eigenvalue weighted by Crippen LogP contribution is 2.15. The van der Waals surface area contributed by atoms with E-state index in [1.807, 2.05) is 4.90 Å². The average molecular weight is 386 g/mol. The number of sulfonamides is 1. The van der Waals surface area contributed by atoms with E-state index in [1.54, 1.807) is 24.3 Å². The van der Waals surface area contributed by atoms with Crippen LogP contribution in [0.5, 0.6) is 0 Å². The third-order valence-corrected chi connectivity index (χ3v) is 6.05. The van der Waals surface area contributed by atoms with Crippen LogP contribution < -0.4 is 4.72 Å². The molecular weight excluding hydrogens is 364 g/mol. The zero-order valence-corrected chi connectivity index (χ0v) is 16.0. The molecule has 2 aromatic carbocycles. The molecule has 1 heterocycles. The van der Waals surface area contributed by atoms with Crippen molar-refractivity contribution in [1.29, 1.82) is 0 Å². The number of rotatable bonds is 6. The lowest BCUT2D eigenvalue weighted by Crippen LogP contribution is -2.27. The molecule has 0 aromatic heterocycles. The summed E-state index contributed by atoms with van der Waals surface area (Å²) in [7, 11) is -3.68. The topological polar surface area (TPSA) is 83.5 Å². The minimum absolute atomic E-state index is 0.0187. The molecule has 1 amide bonds. The van der Waals surface area contributed by atoms with E-state index in [0.29, 0.717) is 11.1 Å². The number of nitrogens with one attached hydrogen (secondary N) is 1. The maximum Gasteiger partial charge on any atom is 0.253 e. The first-order chi connectivity index (χ1) is 12.9. The molecule has 0 aliphatic carbocycles. The SMILES string of the molecule is CC(=O)c1ccc(S(=O)(=O)NCc2ccc(C(=O)N3CCCC3)cc2)cc1. The van der Waals surface area contributed by atoms with Gasteiger partial charge in [0, 0.05) is 30.8 Å². The Bertz CT molecular complexity index is 929. The number of ketones is 1. The van der Waals surface area contributed by atoms with Crippen LogP contribution in [0.2, 0.25) is 0 Å². The summed E-state index contributed by atoms with van der Waals surface area (Å²) in [5.74, 6) is -0.0966. The lowest BCUT2D eigenvalue weighted by Gasteiger charge is -2.15. The molecule has 2 aromatic rings. The van der Waals surface area contributed by atoms with Crippen LogP contribution in [0.15, 0.2) is 53.4 Å². The molecule has 0 radical (unpaired) electrons. The Morgan fingerprint density at radius 1 is 0.926 bits per heavy atom. The summed E-state index contributed by atoms with van der Waals surface area (Å²) in [6, 6.07) is 12.8. The van der Waals surface area contributed by atoms with Crippen LogP contribution in [0.3, 0.4) is 0 Å². The van der Waals surface area contributed by atoms with E-state index in [0.717, 1.165) is 31.5 Å². The molecule has 1 aliphatic heterocycles. The zero-order valence-electron chi connectivity index (χ0n) is 15.1. The predicted octanol–water partition coefficient (Wildman–Crippen LogP) is 2.60. The molecule has 0 saturated carbocycles. The molecule has 6 nitrogen and oxygen atoms in total. The summed E-state index contributed by atoms with van der Waals surface area (Å²) >= 11 is 0. The number of carbonyl (C=O) groups is 2. The Labute approximate surface area is 159 Å². The number of amides is 1. The number of benzene rings is 2. The van der Waals surface area contributed by atoms with Gasteiger partial charge in [-0.3, -0.25) is 9.59 Å². The van der Waals surface area contributed by atoms with Crippen molar-refractivity contribution in [2.45, 2.75) is 31.2 Å². The third-order valence-electron chi connectivity index (χ3n) is 4.63. The minimum atomic E-state index is -3.68. The number of Topliss-reactive ketones (excluding diaryl/α,β-unsaturated/α-hetero) is 1. The second-order valence-corrected chi connectivity index (χ2v) is 8.37. The van der Waals surface area contributed by atoms with Crippen LogP contribution in [-0.2, 0) is 16.6 Å². The van der Waals surface area contributed by atoms with Crippen molar-refractivity contribution >= 4 is 21.7 Å². The molecular formula is C20H22N2O4S. The highest BCUT2D eigenvalue weighted by Gasteiger charge is 2.19. The van der Waals surface area contributed by atoms with Gasteiger partial charge >= 0.3 is 0 Å². The van der Waals surface area contributed by atoms with E-state index in [-0.39, 0.29) is 23.1 Å². The van der Waals surface area contributed by atoms with Gasteiger partial charge in [0.1, 0.15) is 0 Å². The third kappa shape index (κ3) is 4.61. The van der Waals surface area contributed by atoms with Crippen molar-refractivity contribution in [2.75, 3.05) is 13.1 Å². The van der Waals surface area contributed by atoms with Crippen LogP contribution in [0.4, 0.5) is 0 Å². The molecule has 142 valence electrons. The van der Waals surface area contributed by atoms with Crippen molar-refractivity contribution in [3.05, 3.63) is 65.2 Å². The van der Waals surface area contributed by atoms with Gasteiger partial charge < -0.3 is 4.90 Å². The Kier molecular flexibility index (Phi) is 5.72. The smallest absolute Gasteiger partial charge is 0.253 e. The molecule has 1 fully saturated rings. The van der Waals surface area contributed by atoms with Gasteiger partial charge in [-0.05, 0) is 49.6 Å². The van der Waals surface area contributed by atoms with Gasteiger partial charge in [0.05, 0.1) is 4.90 Å². The van der Waals surface area contributed by atoms with Crippen LogP contribution in [-0.4, -0.2) is 38.1 Å². The van der Waals surface area contributed by atoms with E-state index >= 15 is 0 Å². The molecule has 1 aliphatic rings. The number of nitrogens with zero attached hydrogens (tertiary/aromatic N) is 1. The van der Waals surface area contributed by atoms with Gasteiger partial charge in [0.25, 0.3) is 5.91 Å². The Morgan fingerprint density at radius 2 is 1.48 bits per heavy atom. The fourth-order valence-electron chi connectivity index (χ4n) is 3.00. The van der Waals surface area contributed by atoms with Crippen LogP contribution in [0, 0.1) is 0 Å². The quantitative estimate of drug-likeness (QED) is 0.774. The van der Waals surface area contributed by atoms with Crippen LogP contribution in [0.25, 0.3) is 0 Å². The first-order valence-corrected chi connectivity index (χ1v) is 10.3. The molecule has 7 heteroatoms. The fourth-order valence-corrected chi connectivity index (χ4v) is 4.02. The van der Waals surface area contributed by atoms with Crippen molar-refractivity contribution in [2.24, 2.45) is 0 Å². The van der Waals surface area contributed by atoms with Crippen molar-refractivity contribution < 1.29 is 18.0 Å². The molecule has 1 N–H and O–H groups in total. The van der Waals surface area contributed by atoms with E-state index in [1.165, 1.54) is 31.2 Å². The summed E-state index contributed by atoms with van der Waals surface area (Å²) < 4.78 is 27.3. The second-order valence-electron chi connectivity index (χ2n) is 6.60. The summed E-state index contributed by atoms with van der Waals surface area (Å²) in [5.41, 5.74) is 1.84. The first-order valence-electron chi connectivity index (χ1n) is 8.86. The molecule has 0 atom stereocenters. The lowest BCUT2D eigenvalue weighted by atomic mass is 10.1. The van der Waals surface area contributed by atoms with Crippen LogP contribution in [0.1, 0.15) is 46.0 Å². The maximum atomic E-state index is 12.4. The van der Waals surface area contributed by atoms with E-state index in [9.17, 15) is 18.0 Å². The van der Waals surface area contributed by atoms with Gasteiger partial charge in [-0.15, -0.1) is 0 Å². The normalized spacial score (nSPS) is 14.3. The van der Waals surface area contributed by atoms with Gasteiger partial charge in [0.2, 0.25) is 10.0 Å². The van der Waals surface area contributed by atoms with E-state index in [2.05, 4.69) is 4.72 Å². The number of carbonyl (C=O) groups excluding carboxylic acids is 2. The number of likely N-dealkylation sites (tertiary alicyclic amines) is 1. The Morgan fingerprint density at radius 3 is 2.04 bits per heavy atom. The van der Waals surface area contributed by atoms with Gasteiger partial charge in [-0.2, -0.15) is 0 Å². The zero-order chi connectivity index (χ0) is 19.4. The second kappa shape index (κ2) is 8.02. The Hall–Kier alpha value is -2.51. The molecule has 27 heavy (non-hydrogen) atoms. The first kappa shape index (κ1) is 19.3. The van der Waals surface area contributed by atoms with Crippen molar-refractivity contribution in [3.8, 4) is 0 Å². The Balaban J connectivity index is 1.63. The molecule has 3 rings (SSSR count). The van der Waals surface area contributed by atoms with E-state index in [4.69, 9.17) is 0 Å². The molecule has 0 bridgehead atoms. The predicted molar refractivity (Wildman–Crippen MR) is 102 cm³/mol. The molecule has 0 unspecified atom stereocenters. The number of hydrogen-bond donors (Lipinski definition) is 1. The number of hydrogen-bond acceptors (Lipinski definition) is 4. The minimum Gasteiger partial charge on any atom is -0.339 e. The monoisotopic (exact) mass is 386 g/mol. The van der Waals surface area contributed by atoms with E-state index < -0.39 is 10.0 Å². The van der Waals surface area contributed by atoms with Crippen LogP contribution >= 0.6 is 0 Å². The highest BCUT2D eigenvalue weighted by atomic mass is 32.2. The summed E-state index contributed by atoms with van der Waals surface area (Å²) in [5, 5.41) is 0. The maximum absolute atomic E-state index is 12.4. The molecule has 1 saturated heterocycles. The van der Waals surface area contributed by atoms with Crippen molar-refractivity contribution in [3.63, 3.8) is 0 Å².